The molecule has 3 rings (SSSR count). The van der Waals surface area contributed by atoms with E-state index in [1.807, 2.05) is 0 Å². The smallest absolute Gasteiger partial charge is 0.274 e. The minimum Gasteiger partial charge on any atom is -0.497 e. The third-order valence-electron chi connectivity index (χ3n) is 5.17. The Labute approximate surface area is 212 Å². The van der Waals surface area contributed by atoms with Crippen LogP contribution in [-0.4, -0.2) is 44.4 Å². The molecule has 2 amide bonds. The number of aromatic nitrogens is 3. The van der Waals surface area contributed by atoms with Gasteiger partial charge in [-0.15, -0.1) is 16.8 Å². The Morgan fingerprint density at radius 2 is 1.97 bits per heavy atom. The van der Waals surface area contributed by atoms with Gasteiger partial charge in [0.2, 0.25) is 5.91 Å². The first kappa shape index (κ1) is 26.4. The van der Waals surface area contributed by atoms with E-state index < -0.39 is 11.0 Å². The molecular weight excluding hydrogens is 484 g/mol. The highest BCUT2D eigenvalue weighted by molar-refractivity contribution is 7.99. The molecule has 0 fully saturated rings. The molecule has 1 heterocycles. The van der Waals surface area contributed by atoms with Crippen molar-refractivity contribution in [3.05, 3.63) is 82.2 Å². The van der Waals surface area contributed by atoms with E-state index in [1.165, 1.54) is 6.07 Å². The van der Waals surface area contributed by atoms with Crippen LogP contribution in [0.15, 0.2) is 60.3 Å². The van der Waals surface area contributed by atoms with Gasteiger partial charge in [0.1, 0.15) is 5.75 Å². The van der Waals surface area contributed by atoms with E-state index >= 15 is 0 Å². The number of nitrogens with one attached hydrogen (secondary N) is 2. The van der Waals surface area contributed by atoms with Crippen LogP contribution in [0.25, 0.3) is 0 Å². The summed E-state index contributed by atoms with van der Waals surface area (Å²) >= 11 is 1.15. The monoisotopic (exact) mass is 510 g/mol. The molecule has 0 saturated heterocycles. The van der Waals surface area contributed by atoms with Crippen LogP contribution in [0, 0.1) is 17.0 Å². The van der Waals surface area contributed by atoms with Crippen molar-refractivity contribution in [2.24, 2.45) is 0 Å². The fraction of sp³-hybridized carbons (Fsp3) is 0.250. The lowest BCUT2D eigenvalue weighted by Crippen LogP contribution is -2.28. The number of allylic oxidation sites excluding steroid dienone is 1. The molecule has 36 heavy (non-hydrogen) atoms. The molecular formula is C24H26N6O5S. The van der Waals surface area contributed by atoms with E-state index in [4.69, 9.17) is 4.74 Å². The van der Waals surface area contributed by atoms with Crippen molar-refractivity contribution in [3.8, 4) is 5.75 Å². The normalized spacial score (nSPS) is 11.4. The molecule has 0 bridgehead atoms. The second-order valence-electron chi connectivity index (χ2n) is 7.76. The number of carbonyl (C=O) groups excluding carboxylic acids is 2. The summed E-state index contributed by atoms with van der Waals surface area (Å²) in [4.78, 5) is 35.8. The Balaban J connectivity index is 1.66. The summed E-state index contributed by atoms with van der Waals surface area (Å²) in [6.45, 7) is 7.55. The van der Waals surface area contributed by atoms with Crippen LogP contribution in [0.5, 0.6) is 5.75 Å². The Hall–Kier alpha value is -4.19. The van der Waals surface area contributed by atoms with Gasteiger partial charge >= 0.3 is 0 Å². The van der Waals surface area contributed by atoms with Crippen LogP contribution in [0.1, 0.15) is 34.7 Å². The predicted octanol–water partition coefficient (Wildman–Crippen LogP) is 3.91. The van der Waals surface area contributed by atoms with Gasteiger partial charge in [-0.3, -0.25) is 19.7 Å². The molecule has 0 radical (unpaired) electrons. The maximum Gasteiger partial charge on any atom is 0.274 e. The number of anilines is 1. The van der Waals surface area contributed by atoms with Gasteiger partial charge in [0.05, 0.1) is 23.8 Å². The molecule has 0 aliphatic rings. The lowest BCUT2D eigenvalue weighted by molar-refractivity contribution is -0.385. The molecule has 0 aliphatic carbocycles. The molecule has 12 heteroatoms. The first-order valence-corrected chi connectivity index (χ1v) is 11.9. The van der Waals surface area contributed by atoms with Gasteiger partial charge < -0.3 is 19.9 Å². The quantitative estimate of drug-likeness (QED) is 0.171. The fourth-order valence-corrected chi connectivity index (χ4v) is 4.08. The van der Waals surface area contributed by atoms with Crippen LogP contribution in [0.4, 0.5) is 11.4 Å². The standard InChI is InChI=1S/C24H26N6O5S/c1-5-12-29-22(16(3)25-23(32)17-7-10-19(35-4)11-8-17)27-28-24(29)36-14-21(31)26-18-9-6-15(2)20(13-18)30(33)34/h5-11,13,16H,1,12,14H2,2-4H3,(H,25,32)(H,26,31)/t16-/m1/s1. The maximum atomic E-state index is 12.6. The second kappa shape index (κ2) is 12.0. The molecule has 0 saturated carbocycles. The Morgan fingerprint density at radius 3 is 2.61 bits per heavy atom. The number of ether oxygens (including phenoxy) is 1. The van der Waals surface area contributed by atoms with E-state index in [-0.39, 0.29) is 23.3 Å². The molecule has 3 aromatic rings. The number of amides is 2. The molecule has 1 aromatic heterocycles. The predicted molar refractivity (Wildman–Crippen MR) is 136 cm³/mol. The SMILES string of the molecule is C=CCn1c(SCC(=O)Nc2ccc(C)c([N+](=O)[O-])c2)nnc1[C@@H](C)NC(=O)c1ccc(OC)cc1. The molecule has 0 aliphatic heterocycles. The molecule has 1 atom stereocenters. The first-order valence-electron chi connectivity index (χ1n) is 10.9. The summed E-state index contributed by atoms with van der Waals surface area (Å²) in [6, 6.07) is 10.8. The third-order valence-corrected chi connectivity index (χ3v) is 6.13. The minimum atomic E-state index is -0.492. The largest absolute Gasteiger partial charge is 0.497 e. The van der Waals surface area contributed by atoms with Gasteiger partial charge in [-0.05, 0) is 44.2 Å². The number of benzene rings is 2. The molecule has 0 unspecified atom stereocenters. The maximum absolute atomic E-state index is 12.6. The van der Waals surface area contributed by atoms with Crippen molar-refractivity contribution >= 4 is 35.0 Å². The zero-order chi connectivity index (χ0) is 26.2. The number of thioether (sulfide) groups is 1. The van der Waals surface area contributed by atoms with Crippen LogP contribution in [0.3, 0.4) is 0 Å². The summed E-state index contributed by atoms with van der Waals surface area (Å²) in [7, 11) is 1.55. The van der Waals surface area contributed by atoms with Crippen LogP contribution in [0.2, 0.25) is 0 Å². The molecule has 11 nitrogen and oxygen atoms in total. The lowest BCUT2D eigenvalue weighted by atomic mass is 10.2. The Bertz CT molecular complexity index is 1270. The number of hydrogen-bond acceptors (Lipinski definition) is 8. The Kier molecular flexibility index (Phi) is 8.79. The van der Waals surface area contributed by atoms with Crippen LogP contribution in [-0.2, 0) is 11.3 Å². The van der Waals surface area contributed by atoms with Crippen molar-refractivity contribution in [2.75, 3.05) is 18.2 Å². The highest BCUT2D eigenvalue weighted by atomic mass is 32.2. The van der Waals surface area contributed by atoms with Gasteiger partial charge in [-0.2, -0.15) is 0 Å². The highest BCUT2D eigenvalue weighted by Gasteiger charge is 2.21. The molecule has 188 valence electrons. The van der Waals surface area contributed by atoms with Crippen LogP contribution < -0.4 is 15.4 Å². The van der Waals surface area contributed by atoms with Gasteiger partial charge in [-0.25, -0.2) is 0 Å². The van der Waals surface area contributed by atoms with Crippen molar-refractivity contribution in [1.82, 2.24) is 20.1 Å². The van der Waals surface area contributed by atoms with E-state index in [9.17, 15) is 19.7 Å². The number of nitro groups is 1. The molecule has 0 spiro atoms. The fourth-order valence-electron chi connectivity index (χ4n) is 3.33. The van der Waals surface area contributed by atoms with Gasteiger partial charge in [0, 0.05) is 29.4 Å². The number of nitro benzene ring substituents is 1. The molecule has 2 aromatic carbocycles. The third kappa shape index (κ3) is 6.48. The number of hydrogen-bond donors (Lipinski definition) is 2. The summed E-state index contributed by atoms with van der Waals surface area (Å²) in [6.07, 6.45) is 1.67. The van der Waals surface area contributed by atoms with E-state index in [0.717, 1.165) is 11.8 Å². The van der Waals surface area contributed by atoms with Gasteiger partial charge in [0.15, 0.2) is 11.0 Å². The summed E-state index contributed by atoms with van der Waals surface area (Å²) in [5.74, 6) is 0.530. The summed E-state index contributed by atoms with van der Waals surface area (Å²) in [5, 5.41) is 25.6. The number of carbonyl (C=O) groups is 2. The lowest BCUT2D eigenvalue weighted by Gasteiger charge is -2.15. The average Bonchev–Trinajstić information content (AvgIpc) is 3.26. The second-order valence-corrected chi connectivity index (χ2v) is 8.70. The number of nitrogens with zero attached hydrogens (tertiary/aromatic N) is 4. The Morgan fingerprint density at radius 1 is 1.25 bits per heavy atom. The summed E-state index contributed by atoms with van der Waals surface area (Å²) in [5.41, 5.74) is 1.24. The number of rotatable bonds is 11. The van der Waals surface area contributed by atoms with Crippen molar-refractivity contribution in [2.45, 2.75) is 31.6 Å². The summed E-state index contributed by atoms with van der Waals surface area (Å²) < 4.78 is 6.88. The minimum absolute atomic E-state index is 0.00351. The zero-order valence-corrected chi connectivity index (χ0v) is 20.9. The number of aryl methyl sites for hydroxylation is 1. The van der Waals surface area contributed by atoms with Gasteiger partial charge in [-0.1, -0.05) is 23.9 Å². The topological polar surface area (TPSA) is 141 Å². The first-order chi connectivity index (χ1) is 17.2. The molecule has 2 N–H and O–H groups in total. The van der Waals surface area contributed by atoms with Crippen molar-refractivity contribution in [1.29, 1.82) is 0 Å². The van der Waals surface area contributed by atoms with Gasteiger partial charge in [0.25, 0.3) is 11.6 Å². The average molecular weight is 511 g/mol. The van der Waals surface area contributed by atoms with E-state index in [0.29, 0.717) is 40.1 Å². The highest BCUT2D eigenvalue weighted by Crippen LogP contribution is 2.24. The van der Waals surface area contributed by atoms with E-state index in [2.05, 4.69) is 27.4 Å². The van der Waals surface area contributed by atoms with Crippen LogP contribution >= 0.6 is 11.8 Å². The van der Waals surface area contributed by atoms with Crippen molar-refractivity contribution in [3.63, 3.8) is 0 Å². The zero-order valence-electron chi connectivity index (χ0n) is 20.1. The number of methoxy groups -OCH3 is 1. The van der Waals surface area contributed by atoms with Crippen molar-refractivity contribution < 1.29 is 19.2 Å². The van der Waals surface area contributed by atoms with E-state index in [1.54, 1.807) is 68.0 Å².